The molecule has 0 unspecified atom stereocenters. The van der Waals surface area contributed by atoms with Crippen molar-refractivity contribution in [1.29, 1.82) is 0 Å². The third kappa shape index (κ3) is 27.1. The number of carbonyl (C=O) groups is 2. The second-order valence-corrected chi connectivity index (χ2v) is 5.30. The van der Waals surface area contributed by atoms with Crippen molar-refractivity contribution in [3.8, 4) is 0 Å². The number of ether oxygens (including phenoxy) is 1. The van der Waals surface area contributed by atoms with Crippen LogP contribution in [0.1, 0.15) is 90.9 Å². The Hall–Kier alpha value is -0.0600. The third-order valence-electron chi connectivity index (χ3n) is 3.30. The minimum Gasteiger partial charge on any atom is -0.481 e. The first-order valence-corrected chi connectivity index (χ1v) is 8.75. The molecule has 0 saturated heterocycles. The smallest absolute Gasteiger partial charge is 0.481 e. The third-order valence-corrected chi connectivity index (χ3v) is 3.30. The number of carboxylic acids is 1. The van der Waals surface area contributed by atoms with E-state index in [1.165, 1.54) is 51.4 Å². The number of rotatable bonds is 14. The van der Waals surface area contributed by atoms with Gasteiger partial charge in [-0.05, 0) is 6.42 Å². The van der Waals surface area contributed by atoms with Crippen molar-refractivity contribution < 1.29 is 49.0 Å². The Balaban J connectivity index is -0.00000128. The fourth-order valence-electron chi connectivity index (χ4n) is 2.06. The van der Waals surface area contributed by atoms with Crippen molar-refractivity contribution >= 4 is 11.9 Å². The molecule has 0 radical (unpaired) electrons. The van der Waals surface area contributed by atoms with Gasteiger partial charge in [0.1, 0.15) is 0 Å². The van der Waals surface area contributed by atoms with Crippen molar-refractivity contribution in [2.45, 2.75) is 90.9 Å². The fraction of sp³-hybridized carbons (Fsp3) is 0.833. The van der Waals surface area contributed by atoms with E-state index in [4.69, 9.17) is 9.84 Å². The molecular formula is C18H35NaO4. The molecule has 23 heavy (non-hydrogen) atoms. The maximum absolute atomic E-state index is 11.1. The molecule has 0 bridgehead atoms. The van der Waals surface area contributed by atoms with E-state index in [0.717, 1.165) is 12.8 Å². The van der Waals surface area contributed by atoms with E-state index in [-0.39, 0.29) is 42.4 Å². The average molecular weight is 338 g/mol. The van der Waals surface area contributed by atoms with Crippen LogP contribution in [-0.2, 0) is 14.3 Å². The van der Waals surface area contributed by atoms with E-state index in [0.29, 0.717) is 6.61 Å². The van der Waals surface area contributed by atoms with Gasteiger partial charge in [0.05, 0.1) is 19.4 Å². The predicted molar refractivity (Wildman–Crippen MR) is 90.7 cm³/mol. The number of hydrogen-bond acceptors (Lipinski definition) is 3. The van der Waals surface area contributed by atoms with Gasteiger partial charge in [0, 0.05) is 0 Å². The van der Waals surface area contributed by atoms with E-state index in [9.17, 15) is 9.59 Å². The number of esters is 1. The number of unbranched alkanes of at least 4 members (excludes halogenated alkanes) is 9. The van der Waals surface area contributed by atoms with Gasteiger partial charge in [-0.1, -0.05) is 64.7 Å². The standard InChI is InChI=1S/C16H30O4.C2H5.Na/c1-2-3-4-5-6-7-8-9-10-11-14-20-16(19)13-12-15(17)18;1-2;/h2-14H2,1H3,(H,17,18);1H2,2H3;/q;-1;+1. The van der Waals surface area contributed by atoms with Crippen molar-refractivity contribution in [3.63, 3.8) is 0 Å². The molecule has 5 heteroatoms. The zero-order valence-corrected chi connectivity index (χ0v) is 17.6. The average Bonchev–Trinajstić information content (AvgIpc) is 2.52. The first-order valence-electron chi connectivity index (χ1n) is 8.75. The van der Waals surface area contributed by atoms with Crippen LogP contribution in [0.25, 0.3) is 0 Å². The van der Waals surface area contributed by atoms with Crippen LogP contribution in [0.4, 0.5) is 0 Å². The van der Waals surface area contributed by atoms with Gasteiger partial charge in [-0.15, -0.1) is 0 Å². The maximum Gasteiger partial charge on any atom is 1.00 e. The summed E-state index contributed by atoms with van der Waals surface area (Å²) in [5, 5.41) is 8.41. The predicted octanol–water partition coefficient (Wildman–Crippen LogP) is 2.16. The van der Waals surface area contributed by atoms with Crippen molar-refractivity contribution in [1.82, 2.24) is 0 Å². The quantitative estimate of drug-likeness (QED) is 0.228. The van der Waals surface area contributed by atoms with Crippen LogP contribution in [0, 0.1) is 6.92 Å². The summed E-state index contributed by atoms with van der Waals surface area (Å²) < 4.78 is 4.96. The number of carboxylic acid groups (broad SMARTS) is 1. The van der Waals surface area contributed by atoms with E-state index in [2.05, 4.69) is 13.8 Å². The van der Waals surface area contributed by atoms with E-state index in [1.807, 2.05) is 0 Å². The van der Waals surface area contributed by atoms with Crippen LogP contribution in [0.15, 0.2) is 0 Å². The summed E-state index contributed by atoms with van der Waals surface area (Å²) in [4.78, 5) is 21.4. The van der Waals surface area contributed by atoms with E-state index in [1.54, 1.807) is 6.92 Å². The van der Waals surface area contributed by atoms with E-state index < -0.39 is 11.9 Å². The normalized spacial score (nSPS) is 9.35. The summed E-state index contributed by atoms with van der Waals surface area (Å²) in [6, 6.07) is 0. The molecule has 0 amide bonds. The molecule has 0 aromatic rings. The van der Waals surface area contributed by atoms with Gasteiger partial charge in [0.2, 0.25) is 0 Å². The molecule has 0 aromatic carbocycles. The Bertz CT molecular complexity index is 257. The molecule has 0 aromatic heterocycles. The Labute approximate surface area is 165 Å². The summed E-state index contributed by atoms with van der Waals surface area (Å²) in [6.07, 6.45) is 12.3. The largest absolute Gasteiger partial charge is 1.00 e. The van der Waals surface area contributed by atoms with Crippen molar-refractivity contribution in [2.75, 3.05) is 6.61 Å². The number of hydrogen-bond donors (Lipinski definition) is 1. The Morgan fingerprint density at radius 2 is 1.26 bits per heavy atom. The summed E-state index contributed by atoms with van der Waals surface area (Å²) >= 11 is 0. The summed E-state index contributed by atoms with van der Waals surface area (Å²) in [6.45, 7) is 7.66. The summed E-state index contributed by atoms with van der Waals surface area (Å²) in [5.74, 6) is -1.36. The van der Waals surface area contributed by atoms with Gasteiger partial charge in [0.25, 0.3) is 0 Å². The van der Waals surface area contributed by atoms with Crippen LogP contribution < -0.4 is 29.6 Å². The van der Waals surface area contributed by atoms with Crippen LogP contribution in [0.3, 0.4) is 0 Å². The molecule has 0 rings (SSSR count). The zero-order valence-electron chi connectivity index (χ0n) is 15.6. The van der Waals surface area contributed by atoms with E-state index >= 15 is 0 Å². The van der Waals surface area contributed by atoms with Crippen LogP contribution in [-0.4, -0.2) is 23.7 Å². The zero-order chi connectivity index (χ0) is 17.1. The Morgan fingerprint density at radius 1 is 0.826 bits per heavy atom. The van der Waals surface area contributed by atoms with Gasteiger partial charge in [-0.2, -0.15) is 6.92 Å². The van der Waals surface area contributed by atoms with Crippen LogP contribution in [0.5, 0.6) is 0 Å². The molecule has 132 valence electrons. The summed E-state index contributed by atoms with van der Waals surface area (Å²) in [7, 11) is 0. The molecule has 4 nitrogen and oxygen atoms in total. The van der Waals surface area contributed by atoms with Gasteiger partial charge >= 0.3 is 41.5 Å². The Morgan fingerprint density at radius 3 is 1.70 bits per heavy atom. The van der Waals surface area contributed by atoms with Gasteiger partial charge in [-0.25, -0.2) is 0 Å². The van der Waals surface area contributed by atoms with Crippen LogP contribution >= 0.6 is 0 Å². The first-order chi connectivity index (χ1) is 10.7. The van der Waals surface area contributed by atoms with Gasteiger partial charge < -0.3 is 16.8 Å². The van der Waals surface area contributed by atoms with Crippen molar-refractivity contribution in [2.24, 2.45) is 0 Å². The molecule has 0 aliphatic carbocycles. The molecule has 0 fully saturated rings. The molecule has 0 heterocycles. The molecule has 0 aliphatic rings. The van der Waals surface area contributed by atoms with Crippen molar-refractivity contribution in [3.05, 3.63) is 6.92 Å². The topological polar surface area (TPSA) is 63.6 Å². The molecule has 1 N–H and O–H groups in total. The Kier molecular flexibility index (Phi) is 29.2. The monoisotopic (exact) mass is 338 g/mol. The SMILES string of the molecule is CCCCCCCCCCCCOC(=O)CCC(=O)O.[CH2-]C.[Na+]. The second kappa shape index (κ2) is 24.2. The molecule has 0 atom stereocenters. The second-order valence-electron chi connectivity index (χ2n) is 5.30. The molecular weight excluding hydrogens is 303 g/mol. The fourth-order valence-corrected chi connectivity index (χ4v) is 2.06. The number of carbonyl (C=O) groups excluding carboxylic acids is 1. The molecule has 0 aliphatic heterocycles. The van der Waals surface area contributed by atoms with Crippen LogP contribution in [0.2, 0.25) is 0 Å². The minimum absolute atomic E-state index is 0. The van der Waals surface area contributed by atoms with Gasteiger partial charge in [0.15, 0.2) is 0 Å². The minimum atomic E-state index is -0.958. The molecule has 0 spiro atoms. The molecule has 0 saturated carbocycles. The maximum atomic E-state index is 11.1. The first kappa shape index (κ1) is 27.8. The number of aliphatic carboxylic acids is 1. The summed E-state index contributed by atoms with van der Waals surface area (Å²) in [5.41, 5.74) is 0. The van der Waals surface area contributed by atoms with Gasteiger partial charge in [-0.3, -0.25) is 9.59 Å².